The average Bonchev–Trinajstić information content (AvgIpc) is 2.77. The van der Waals surface area contributed by atoms with Crippen LogP contribution in [-0.4, -0.2) is 18.6 Å². The van der Waals surface area contributed by atoms with Crippen LogP contribution < -0.4 is 15.4 Å². The van der Waals surface area contributed by atoms with Crippen LogP contribution in [0.25, 0.3) is 0 Å². The summed E-state index contributed by atoms with van der Waals surface area (Å²) in [4.78, 5) is 25.0. The highest BCUT2D eigenvalue weighted by molar-refractivity contribution is 6.31. The largest absolute Gasteiger partial charge is 0.489 e. The van der Waals surface area contributed by atoms with Crippen molar-refractivity contribution in [3.8, 4) is 5.75 Å². The van der Waals surface area contributed by atoms with Crippen LogP contribution in [0.15, 0.2) is 59.8 Å². The lowest BCUT2D eigenvalue weighted by Gasteiger charge is -2.29. The zero-order chi connectivity index (χ0) is 22.2. The molecule has 1 unspecified atom stereocenters. The topological polar surface area (TPSA) is 76.7 Å². The van der Waals surface area contributed by atoms with Crippen molar-refractivity contribution in [3.63, 3.8) is 0 Å². The van der Waals surface area contributed by atoms with Gasteiger partial charge in [0.1, 0.15) is 12.4 Å². The molecule has 0 aliphatic carbocycles. The van der Waals surface area contributed by atoms with Crippen molar-refractivity contribution in [3.05, 3.63) is 76.0 Å². The van der Waals surface area contributed by atoms with Crippen molar-refractivity contribution >= 4 is 23.6 Å². The molecule has 1 heterocycles. The summed E-state index contributed by atoms with van der Waals surface area (Å²) in [6, 6.07) is 13.9. The summed E-state index contributed by atoms with van der Waals surface area (Å²) in [5.74, 6) is 0.238. The van der Waals surface area contributed by atoms with E-state index in [1.807, 2.05) is 48.5 Å². The number of rotatable bonds is 9. The van der Waals surface area contributed by atoms with Gasteiger partial charge >= 0.3 is 12.0 Å². The Morgan fingerprint density at radius 2 is 1.84 bits per heavy atom. The number of esters is 1. The van der Waals surface area contributed by atoms with Crippen molar-refractivity contribution in [2.75, 3.05) is 6.61 Å². The molecule has 1 aliphatic heterocycles. The zero-order valence-electron chi connectivity index (χ0n) is 17.7. The minimum atomic E-state index is -0.586. The highest BCUT2D eigenvalue weighted by Crippen LogP contribution is 2.31. The van der Waals surface area contributed by atoms with Crippen LogP contribution in [0.5, 0.6) is 5.75 Å². The predicted octanol–water partition coefficient (Wildman–Crippen LogP) is 5.28. The van der Waals surface area contributed by atoms with Crippen LogP contribution in [-0.2, 0) is 16.1 Å². The summed E-state index contributed by atoms with van der Waals surface area (Å²) in [5, 5.41) is 6.29. The summed E-state index contributed by atoms with van der Waals surface area (Å²) < 4.78 is 11.1. The Kier molecular flexibility index (Phi) is 7.95. The molecule has 0 saturated heterocycles. The molecule has 2 amide bonds. The average molecular weight is 443 g/mol. The Labute approximate surface area is 187 Å². The summed E-state index contributed by atoms with van der Waals surface area (Å²) >= 11 is 6.18. The maximum Gasteiger partial charge on any atom is 0.338 e. The number of hydrogen-bond acceptors (Lipinski definition) is 4. The third kappa shape index (κ3) is 5.79. The first-order valence-corrected chi connectivity index (χ1v) is 10.8. The number of allylic oxidation sites excluding steroid dienone is 1. The fraction of sp³-hybridized carbons (Fsp3) is 0.333. The molecule has 0 radical (unpaired) electrons. The number of ether oxygens (including phenoxy) is 2. The van der Waals surface area contributed by atoms with Gasteiger partial charge in [-0.05, 0) is 43.5 Å². The van der Waals surface area contributed by atoms with Crippen molar-refractivity contribution in [2.45, 2.75) is 45.8 Å². The van der Waals surface area contributed by atoms with Gasteiger partial charge in [-0.3, -0.25) is 0 Å². The van der Waals surface area contributed by atoms with Gasteiger partial charge in [0, 0.05) is 16.3 Å². The molecule has 0 aromatic heterocycles. The van der Waals surface area contributed by atoms with Gasteiger partial charge in [-0.25, -0.2) is 9.59 Å². The van der Waals surface area contributed by atoms with Crippen LogP contribution >= 0.6 is 11.6 Å². The maximum atomic E-state index is 12.7. The number of halogens is 1. The summed E-state index contributed by atoms with van der Waals surface area (Å²) in [6.45, 7) is 4.43. The second-order valence-electron chi connectivity index (χ2n) is 7.20. The van der Waals surface area contributed by atoms with E-state index < -0.39 is 12.0 Å². The Morgan fingerprint density at radius 3 is 2.52 bits per heavy atom. The van der Waals surface area contributed by atoms with Crippen molar-refractivity contribution < 1.29 is 19.1 Å². The molecule has 2 N–H and O–H groups in total. The number of urea groups is 1. The molecule has 0 saturated carbocycles. The smallest absolute Gasteiger partial charge is 0.338 e. The van der Waals surface area contributed by atoms with Crippen LogP contribution in [0.2, 0.25) is 5.02 Å². The molecule has 1 aliphatic rings. The van der Waals surface area contributed by atoms with E-state index in [0.29, 0.717) is 35.1 Å². The highest BCUT2D eigenvalue weighted by atomic mass is 35.5. The third-order valence-corrected chi connectivity index (χ3v) is 5.36. The summed E-state index contributed by atoms with van der Waals surface area (Å²) in [7, 11) is 0. The monoisotopic (exact) mass is 442 g/mol. The van der Waals surface area contributed by atoms with Gasteiger partial charge in [0.2, 0.25) is 0 Å². The van der Waals surface area contributed by atoms with Gasteiger partial charge in [0.25, 0.3) is 0 Å². The van der Waals surface area contributed by atoms with Gasteiger partial charge in [-0.1, -0.05) is 55.3 Å². The molecule has 7 heteroatoms. The lowest BCUT2D eigenvalue weighted by atomic mass is 9.93. The Hall–Kier alpha value is -2.99. The molecular weight excluding hydrogens is 416 g/mol. The number of nitrogens with one attached hydrogen (secondary N) is 2. The molecule has 164 valence electrons. The molecule has 1 atom stereocenters. The molecule has 0 spiro atoms. The first-order valence-electron chi connectivity index (χ1n) is 10.5. The van der Waals surface area contributed by atoms with Crippen molar-refractivity contribution in [1.82, 2.24) is 10.6 Å². The van der Waals surface area contributed by atoms with Gasteiger partial charge < -0.3 is 20.1 Å². The van der Waals surface area contributed by atoms with Crippen LogP contribution in [0, 0.1) is 0 Å². The van der Waals surface area contributed by atoms with E-state index in [-0.39, 0.29) is 12.6 Å². The predicted molar refractivity (Wildman–Crippen MR) is 120 cm³/mol. The van der Waals surface area contributed by atoms with Crippen LogP contribution in [0.1, 0.15) is 50.3 Å². The van der Waals surface area contributed by atoms with Gasteiger partial charge in [-0.2, -0.15) is 0 Å². The lowest BCUT2D eigenvalue weighted by Crippen LogP contribution is -2.46. The van der Waals surface area contributed by atoms with E-state index in [1.165, 1.54) is 0 Å². The maximum absolute atomic E-state index is 12.7. The number of amides is 2. The zero-order valence-corrected chi connectivity index (χ0v) is 18.5. The number of carbonyl (C=O) groups excluding carboxylic acids is 2. The fourth-order valence-electron chi connectivity index (χ4n) is 3.40. The van der Waals surface area contributed by atoms with E-state index in [1.54, 1.807) is 6.92 Å². The molecular formula is C24H27ClN2O4. The van der Waals surface area contributed by atoms with Gasteiger partial charge in [0.15, 0.2) is 0 Å². The normalized spacial score (nSPS) is 15.8. The second-order valence-corrected chi connectivity index (χ2v) is 7.60. The van der Waals surface area contributed by atoms with Gasteiger partial charge in [-0.15, -0.1) is 0 Å². The third-order valence-electron chi connectivity index (χ3n) is 4.99. The SMILES string of the molecule is CCCCC1=C(C(=O)OCC)C(c2ccc(OCc3ccccc3Cl)cc2)NC(=O)N1. The molecule has 2 aromatic rings. The first-order chi connectivity index (χ1) is 15.0. The summed E-state index contributed by atoms with van der Waals surface area (Å²) in [6.07, 6.45) is 2.42. The highest BCUT2D eigenvalue weighted by Gasteiger charge is 2.33. The standard InChI is InChI=1S/C24H27ClN2O4/c1-3-5-10-20-21(23(28)30-4-2)22(27-24(29)26-20)16-11-13-18(14-12-16)31-15-17-8-6-7-9-19(17)25/h6-9,11-14,22H,3-5,10,15H2,1-2H3,(H2,26,27,29). The van der Waals surface area contributed by atoms with E-state index in [4.69, 9.17) is 21.1 Å². The lowest BCUT2D eigenvalue weighted by molar-refractivity contribution is -0.139. The van der Waals surface area contributed by atoms with Crippen LogP contribution in [0.4, 0.5) is 4.79 Å². The molecule has 0 bridgehead atoms. The van der Waals surface area contributed by atoms with Gasteiger partial charge in [0.05, 0.1) is 18.2 Å². The van der Waals surface area contributed by atoms with Crippen LogP contribution in [0.3, 0.4) is 0 Å². The minimum Gasteiger partial charge on any atom is -0.489 e. The van der Waals surface area contributed by atoms with E-state index in [0.717, 1.165) is 24.0 Å². The van der Waals surface area contributed by atoms with E-state index >= 15 is 0 Å². The first kappa shape index (κ1) is 22.7. The molecule has 3 rings (SSSR count). The van der Waals surface area contributed by atoms with Crippen molar-refractivity contribution in [2.24, 2.45) is 0 Å². The van der Waals surface area contributed by atoms with Crippen molar-refractivity contribution in [1.29, 1.82) is 0 Å². The van der Waals surface area contributed by atoms with E-state index in [2.05, 4.69) is 17.6 Å². The Balaban J connectivity index is 1.82. The molecule has 31 heavy (non-hydrogen) atoms. The van der Waals surface area contributed by atoms with E-state index in [9.17, 15) is 9.59 Å². The Morgan fingerprint density at radius 1 is 1.10 bits per heavy atom. The number of carbonyl (C=O) groups is 2. The fourth-order valence-corrected chi connectivity index (χ4v) is 3.59. The second kappa shape index (κ2) is 10.9. The Bertz CT molecular complexity index is 956. The molecule has 2 aromatic carbocycles. The minimum absolute atomic E-state index is 0.263. The number of hydrogen-bond donors (Lipinski definition) is 2. The molecule has 0 fully saturated rings. The number of unbranched alkanes of at least 4 members (excludes halogenated alkanes) is 1. The summed E-state index contributed by atoms with van der Waals surface area (Å²) in [5.41, 5.74) is 2.73. The molecule has 6 nitrogen and oxygen atoms in total. The quantitative estimate of drug-likeness (QED) is 0.518. The number of benzene rings is 2.